The number of carbonyl (C=O) groups excluding carboxylic acids is 2. The van der Waals surface area contributed by atoms with Crippen molar-refractivity contribution >= 4 is 36.0 Å². The highest BCUT2D eigenvalue weighted by Crippen LogP contribution is 2.43. The molecule has 33 heavy (non-hydrogen) atoms. The van der Waals surface area contributed by atoms with Crippen molar-refractivity contribution in [2.45, 2.75) is 31.4 Å². The average Bonchev–Trinajstić information content (AvgIpc) is 2.82. The van der Waals surface area contributed by atoms with Gasteiger partial charge in [0.1, 0.15) is 17.1 Å². The van der Waals surface area contributed by atoms with E-state index >= 15 is 0 Å². The number of ether oxygens (including phenoxy) is 1. The molecule has 1 fully saturated rings. The van der Waals surface area contributed by atoms with Crippen LogP contribution < -0.4 is 11.6 Å². The Kier molecular flexibility index (Phi) is 7.86. The average molecular weight is 488 g/mol. The molecule has 2 heterocycles. The second-order valence-electron chi connectivity index (χ2n) is 7.82. The quantitative estimate of drug-likeness (QED) is 0.278. The van der Waals surface area contributed by atoms with Gasteiger partial charge in [-0.15, -0.1) is 24.2 Å². The van der Waals surface area contributed by atoms with E-state index in [9.17, 15) is 9.59 Å². The number of thioether (sulfide) groups is 1. The lowest BCUT2D eigenvalue weighted by molar-refractivity contribution is -0.153. The minimum absolute atomic E-state index is 0. The summed E-state index contributed by atoms with van der Waals surface area (Å²) in [6.07, 6.45) is -0.648. The second-order valence-corrected chi connectivity index (χ2v) is 8.92. The summed E-state index contributed by atoms with van der Waals surface area (Å²) in [6.45, 7) is 3.66. The first kappa shape index (κ1) is 24.9. The molecule has 174 valence electrons. The molecule has 7 nitrogen and oxygen atoms in total. The topological polar surface area (TPSA) is 108 Å². The van der Waals surface area contributed by atoms with Crippen LogP contribution in [-0.4, -0.2) is 33.9 Å². The molecule has 4 N–H and O–H groups in total. The molecular weight excluding hydrogens is 462 g/mol. The number of hydrogen-bond acceptors (Lipinski definition) is 7. The van der Waals surface area contributed by atoms with E-state index in [1.165, 1.54) is 16.7 Å². The molecule has 0 aromatic heterocycles. The normalized spacial score (nSPS) is 19.3. The standard InChI is InChI=1S/C24H25N3O4S.ClH/c1-14(2)20(31-26)17-13-32-23-18(25)22(28)27(23)19(17)24(29)30-21(15-9-5-3-6-10-15)16-11-7-4-8-12-16;/h3-12,18,21,23H,13,25-26H2,1-2H3;1H/t18?,23-;/m0./s1. The summed E-state index contributed by atoms with van der Waals surface area (Å²) >= 11 is 1.47. The van der Waals surface area contributed by atoms with E-state index in [2.05, 4.69) is 0 Å². The van der Waals surface area contributed by atoms with Gasteiger partial charge >= 0.3 is 5.97 Å². The van der Waals surface area contributed by atoms with E-state index < -0.39 is 18.1 Å². The van der Waals surface area contributed by atoms with E-state index in [1.54, 1.807) is 0 Å². The minimum Gasteiger partial charge on any atom is -0.448 e. The van der Waals surface area contributed by atoms with Crippen LogP contribution in [0.1, 0.15) is 31.1 Å². The van der Waals surface area contributed by atoms with Crippen LogP contribution in [0.2, 0.25) is 0 Å². The van der Waals surface area contributed by atoms with E-state index in [-0.39, 0.29) is 29.4 Å². The van der Waals surface area contributed by atoms with Crippen molar-refractivity contribution in [1.82, 2.24) is 4.90 Å². The van der Waals surface area contributed by atoms with Crippen molar-refractivity contribution in [3.63, 3.8) is 0 Å². The third kappa shape index (κ3) is 4.65. The molecule has 0 saturated carbocycles. The Balaban J connectivity index is 0.00000306. The first-order valence-corrected chi connectivity index (χ1v) is 11.3. The SMILES string of the molecule is CC(C)=C(ON)C1=C(C(=O)OC(c2ccccc2)c2ccccc2)N2C(=O)C(N)[C@@H]2SC1.Cl. The van der Waals surface area contributed by atoms with Crippen molar-refractivity contribution < 1.29 is 19.2 Å². The lowest BCUT2D eigenvalue weighted by atomic mass is 10.00. The molecule has 9 heteroatoms. The number of hydrogen-bond donors (Lipinski definition) is 2. The summed E-state index contributed by atoms with van der Waals surface area (Å²) in [7, 11) is 0. The molecule has 0 spiro atoms. The summed E-state index contributed by atoms with van der Waals surface area (Å²) in [5, 5.41) is -0.322. The molecule has 2 aromatic carbocycles. The number of β-lactam (4-membered cyclic amide) rings is 1. The first-order valence-electron chi connectivity index (χ1n) is 10.2. The maximum atomic E-state index is 13.6. The predicted molar refractivity (Wildman–Crippen MR) is 130 cm³/mol. The zero-order valence-corrected chi connectivity index (χ0v) is 19.9. The highest BCUT2D eigenvalue weighted by Gasteiger charge is 2.53. The lowest BCUT2D eigenvalue weighted by Crippen LogP contribution is -2.68. The molecule has 2 atom stereocenters. The van der Waals surface area contributed by atoms with Crippen LogP contribution in [0.15, 0.2) is 83.3 Å². The van der Waals surface area contributed by atoms with Crippen LogP contribution in [0, 0.1) is 0 Å². The fraction of sp³-hybridized carbons (Fsp3) is 0.250. The number of amides is 1. The van der Waals surface area contributed by atoms with Gasteiger partial charge in [0.2, 0.25) is 5.91 Å². The fourth-order valence-electron chi connectivity index (χ4n) is 3.92. The molecule has 2 aromatic rings. The molecule has 1 saturated heterocycles. The van der Waals surface area contributed by atoms with Crippen LogP contribution in [0.25, 0.3) is 0 Å². The smallest absolute Gasteiger partial charge is 0.356 e. The third-order valence-electron chi connectivity index (χ3n) is 5.48. The van der Waals surface area contributed by atoms with Crippen molar-refractivity contribution in [3.8, 4) is 0 Å². The number of carbonyl (C=O) groups is 2. The van der Waals surface area contributed by atoms with Crippen LogP contribution in [0.3, 0.4) is 0 Å². The number of fused-ring (bicyclic) bond motifs is 1. The Morgan fingerprint density at radius 2 is 1.61 bits per heavy atom. The van der Waals surface area contributed by atoms with Crippen molar-refractivity contribution in [2.24, 2.45) is 11.6 Å². The Bertz CT molecular complexity index is 1050. The molecule has 1 amide bonds. The van der Waals surface area contributed by atoms with E-state index in [0.29, 0.717) is 17.1 Å². The van der Waals surface area contributed by atoms with Crippen molar-refractivity contribution in [2.75, 3.05) is 5.75 Å². The molecule has 0 aliphatic carbocycles. The highest BCUT2D eigenvalue weighted by molar-refractivity contribution is 8.00. The van der Waals surface area contributed by atoms with Gasteiger partial charge in [0.25, 0.3) is 0 Å². The molecule has 0 radical (unpaired) electrons. The fourth-order valence-corrected chi connectivity index (χ4v) is 5.20. The summed E-state index contributed by atoms with van der Waals surface area (Å²) in [5.41, 5.74) is 9.07. The molecule has 2 aliphatic rings. The van der Waals surface area contributed by atoms with Crippen molar-refractivity contribution in [3.05, 3.63) is 94.4 Å². The molecule has 0 bridgehead atoms. The van der Waals surface area contributed by atoms with E-state index in [4.69, 9.17) is 21.2 Å². The third-order valence-corrected chi connectivity index (χ3v) is 6.78. The van der Waals surface area contributed by atoms with E-state index in [0.717, 1.165) is 16.7 Å². The monoisotopic (exact) mass is 487 g/mol. The van der Waals surface area contributed by atoms with Gasteiger partial charge in [-0.3, -0.25) is 9.69 Å². The molecule has 1 unspecified atom stereocenters. The van der Waals surface area contributed by atoms with Crippen LogP contribution in [-0.2, 0) is 19.2 Å². The van der Waals surface area contributed by atoms with Gasteiger partial charge in [0.05, 0.1) is 0 Å². The van der Waals surface area contributed by atoms with Gasteiger partial charge in [-0.05, 0) is 30.5 Å². The maximum Gasteiger partial charge on any atom is 0.356 e. The molecule has 4 rings (SSSR count). The Labute approximate surface area is 203 Å². The number of allylic oxidation sites excluding steroid dienone is 2. The second kappa shape index (κ2) is 10.4. The summed E-state index contributed by atoms with van der Waals surface area (Å²) in [4.78, 5) is 32.7. The predicted octanol–water partition coefficient (Wildman–Crippen LogP) is 3.42. The Morgan fingerprint density at radius 3 is 2.09 bits per heavy atom. The van der Waals surface area contributed by atoms with Gasteiger partial charge in [-0.25, -0.2) is 4.79 Å². The summed E-state index contributed by atoms with van der Waals surface area (Å²) in [5.74, 6) is 5.37. The minimum atomic E-state index is -0.655. The van der Waals surface area contributed by atoms with Gasteiger partial charge in [-0.2, -0.15) is 5.90 Å². The highest BCUT2D eigenvalue weighted by atomic mass is 35.5. The zero-order chi connectivity index (χ0) is 22.8. The number of benzene rings is 2. The number of halogens is 1. The van der Waals surface area contributed by atoms with Crippen LogP contribution in [0.5, 0.6) is 0 Å². The lowest BCUT2D eigenvalue weighted by Gasteiger charge is -2.48. The van der Waals surface area contributed by atoms with Gasteiger partial charge in [0, 0.05) is 11.3 Å². The number of esters is 1. The number of nitrogens with two attached hydrogens (primary N) is 2. The Morgan fingerprint density at radius 1 is 1.06 bits per heavy atom. The number of nitrogens with zero attached hydrogens (tertiary/aromatic N) is 1. The van der Waals surface area contributed by atoms with Gasteiger partial charge in [-0.1, -0.05) is 60.7 Å². The first-order chi connectivity index (χ1) is 15.4. The largest absolute Gasteiger partial charge is 0.448 e. The Hall–Kier alpha value is -2.78. The summed E-state index contributed by atoms with van der Waals surface area (Å²) in [6, 6.07) is 18.3. The summed E-state index contributed by atoms with van der Waals surface area (Å²) < 4.78 is 6.04. The van der Waals surface area contributed by atoms with Crippen LogP contribution >= 0.6 is 24.2 Å². The van der Waals surface area contributed by atoms with Crippen molar-refractivity contribution in [1.29, 1.82) is 0 Å². The van der Waals surface area contributed by atoms with Gasteiger partial charge in [0.15, 0.2) is 11.9 Å². The molecular formula is C24H26ClN3O4S. The zero-order valence-electron chi connectivity index (χ0n) is 18.3. The maximum absolute atomic E-state index is 13.6. The van der Waals surface area contributed by atoms with Crippen LogP contribution in [0.4, 0.5) is 0 Å². The number of rotatable bonds is 6. The molecule has 2 aliphatic heterocycles. The van der Waals surface area contributed by atoms with Gasteiger partial charge < -0.3 is 15.3 Å². The van der Waals surface area contributed by atoms with E-state index in [1.807, 2.05) is 74.5 Å².